The number of hydrogen-bond acceptors (Lipinski definition) is 4. The van der Waals surface area contributed by atoms with Gasteiger partial charge in [0.1, 0.15) is 5.56 Å². The van der Waals surface area contributed by atoms with E-state index in [1.807, 2.05) is 19.4 Å². The maximum Gasteiger partial charge on any atom is 0.419 e. The van der Waals surface area contributed by atoms with Crippen LogP contribution in [0.3, 0.4) is 0 Å². The monoisotopic (exact) mass is 458 g/mol. The molecular weight excluding hydrogens is 438 g/mol. The van der Waals surface area contributed by atoms with Gasteiger partial charge in [0, 0.05) is 36.2 Å². The Morgan fingerprint density at radius 1 is 1.23 bits per heavy atom. The predicted molar refractivity (Wildman–Crippen MR) is 110 cm³/mol. The largest absolute Gasteiger partial charge is 0.419 e. The number of rotatable bonds is 4. The molecule has 2 aromatic heterocycles. The second-order valence-electron chi connectivity index (χ2n) is 7.83. The van der Waals surface area contributed by atoms with Gasteiger partial charge in [-0.1, -0.05) is 26.1 Å². The highest BCUT2D eigenvalue weighted by atomic mass is 31.1. The Morgan fingerprint density at radius 2 is 1.97 bits per heavy atom. The fourth-order valence-corrected chi connectivity index (χ4v) is 4.89. The van der Waals surface area contributed by atoms with E-state index in [4.69, 9.17) is 0 Å². The van der Waals surface area contributed by atoms with Gasteiger partial charge in [-0.2, -0.15) is 13.2 Å². The summed E-state index contributed by atoms with van der Waals surface area (Å²) in [5.41, 5.74) is -0.411. The summed E-state index contributed by atoms with van der Waals surface area (Å²) in [7, 11) is -0.508. The average Bonchev–Trinajstić information content (AvgIpc) is 3.20. The zero-order chi connectivity index (χ0) is 22.6. The molecule has 1 saturated carbocycles. The van der Waals surface area contributed by atoms with Crippen LogP contribution >= 0.6 is 7.92 Å². The summed E-state index contributed by atoms with van der Waals surface area (Å²) in [4.78, 5) is 10.8. The molecule has 1 fully saturated rings. The number of hydrogen-bond donors (Lipinski definition) is 3. The van der Waals surface area contributed by atoms with E-state index in [1.165, 1.54) is 6.20 Å². The van der Waals surface area contributed by atoms with Crippen molar-refractivity contribution >= 4 is 30.1 Å². The Hall–Kier alpha value is -2.32. The van der Waals surface area contributed by atoms with Crippen molar-refractivity contribution < 1.29 is 27.1 Å². The third-order valence-corrected chi connectivity index (χ3v) is 6.67. The van der Waals surface area contributed by atoms with Crippen LogP contribution in [-0.4, -0.2) is 51.5 Å². The van der Waals surface area contributed by atoms with Gasteiger partial charge in [0.25, 0.3) is 5.92 Å². The third-order valence-electron chi connectivity index (χ3n) is 5.33. The lowest BCUT2D eigenvalue weighted by Crippen LogP contribution is -2.29. The molecule has 11 heteroatoms. The molecule has 3 N–H and O–H groups in total. The summed E-state index contributed by atoms with van der Waals surface area (Å²) in [6.45, 7) is 4.09. The molecule has 2 unspecified atom stereocenters. The van der Waals surface area contributed by atoms with E-state index in [1.54, 1.807) is 12.1 Å². The van der Waals surface area contributed by atoms with Crippen LogP contribution in [0.1, 0.15) is 18.4 Å². The number of fused-ring (bicyclic) bond motifs is 1. The van der Waals surface area contributed by atoms with E-state index < -0.39 is 50.6 Å². The van der Waals surface area contributed by atoms with E-state index in [2.05, 4.69) is 20.3 Å². The highest BCUT2D eigenvalue weighted by molar-refractivity contribution is 7.64. The van der Waals surface area contributed by atoms with Crippen molar-refractivity contribution in [2.24, 2.45) is 0 Å². The molecule has 0 radical (unpaired) electrons. The van der Waals surface area contributed by atoms with Crippen LogP contribution in [0, 0.1) is 0 Å². The average molecular weight is 458 g/mol. The SMILES string of the molecule is CP(C)c1cccc2c(-c3nc(NC4CC(F)(F)CC4O)ncc3C(F)(F)F)c[nH]c12. The number of nitrogens with one attached hydrogen (secondary N) is 2. The first-order chi connectivity index (χ1) is 14.5. The Morgan fingerprint density at radius 3 is 2.58 bits per heavy atom. The van der Waals surface area contributed by atoms with Gasteiger partial charge >= 0.3 is 6.18 Å². The second kappa shape index (κ2) is 7.67. The number of aromatic amines is 1. The van der Waals surface area contributed by atoms with Gasteiger partial charge in [-0.25, -0.2) is 18.7 Å². The molecule has 1 aromatic carbocycles. The van der Waals surface area contributed by atoms with E-state index in [0.29, 0.717) is 11.6 Å². The zero-order valence-corrected chi connectivity index (χ0v) is 17.5. The van der Waals surface area contributed by atoms with E-state index in [9.17, 15) is 27.1 Å². The Labute approximate surface area is 175 Å². The molecule has 2 heterocycles. The third kappa shape index (κ3) is 4.23. The zero-order valence-electron chi connectivity index (χ0n) is 16.6. The van der Waals surface area contributed by atoms with Gasteiger partial charge in [0.2, 0.25) is 5.95 Å². The lowest BCUT2D eigenvalue weighted by atomic mass is 10.1. The topological polar surface area (TPSA) is 73.8 Å². The summed E-state index contributed by atoms with van der Waals surface area (Å²) in [5.74, 6) is -3.30. The van der Waals surface area contributed by atoms with Crippen molar-refractivity contribution in [3.63, 3.8) is 0 Å². The van der Waals surface area contributed by atoms with Gasteiger partial charge in [-0.3, -0.25) is 0 Å². The van der Waals surface area contributed by atoms with E-state index in [0.717, 1.165) is 10.8 Å². The summed E-state index contributed by atoms with van der Waals surface area (Å²) < 4.78 is 68.2. The number of alkyl halides is 5. The first-order valence-corrected chi connectivity index (χ1v) is 11.7. The van der Waals surface area contributed by atoms with Crippen LogP contribution in [0.25, 0.3) is 22.2 Å². The van der Waals surface area contributed by atoms with Crippen molar-refractivity contribution in [1.82, 2.24) is 15.0 Å². The summed E-state index contributed by atoms with van der Waals surface area (Å²) in [6.07, 6.45) is -5.33. The number of H-pyrrole nitrogens is 1. The van der Waals surface area contributed by atoms with Crippen molar-refractivity contribution in [2.45, 2.75) is 37.1 Å². The Kier molecular flexibility index (Phi) is 5.42. The predicted octanol–water partition coefficient (Wildman–Crippen LogP) is 4.58. The molecule has 3 aromatic rings. The molecule has 166 valence electrons. The molecule has 1 aliphatic rings. The maximum atomic E-state index is 13.7. The lowest BCUT2D eigenvalue weighted by Gasteiger charge is -2.18. The van der Waals surface area contributed by atoms with Gasteiger partial charge in [-0.15, -0.1) is 0 Å². The number of para-hydroxylation sites is 1. The van der Waals surface area contributed by atoms with Crippen molar-refractivity contribution in [2.75, 3.05) is 18.6 Å². The van der Waals surface area contributed by atoms with Crippen LogP contribution in [-0.2, 0) is 6.18 Å². The number of anilines is 1. The number of halogens is 5. The lowest BCUT2D eigenvalue weighted by molar-refractivity contribution is -0.137. The van der Waals surface area contributed by atoms with Gasteiger partial charge < -0.3 is 15.4 Å². The van der Waals surface area contributed by atoms with Gasteiger partial charge in [-0.05, 0) is 18.6 Å². The molecule has 2 atom stereocenters. The normalized spacial score (nSPS) is 21.2. The molecule has 31 heavy (non-hydrogen) atoms. The smallest absolute Gasteiger partial charge is 0.391 e. The maximum absolute atomic E-state index is 13.7. The van der Waals surface area contributed by atoms with Crippen LogP contribution < -0.4 is 10.6 Å². The molecule has 0 amide bonds. The first kappa shape index (κ1) is 21.9. The minimum Gasteiger partial charge on any atom is -0.391 e. The number of aliphatic hydroxyl groups excluding tert-OH is 1. The second-order valence-corrected chi connectivity index (χ2v) is 10.1. The first-order valence-electron chi connectivity index (χ1n) is 9.51. The Bertz CT molecular complexity index is 1110. The molecular formula is C20H20F5N4OP. The standard InChI is InChI=1S/C20H20F5N4OP/c1-31(2)15-5-3-4-10-11(8-26-17(10)15)16-12(20(23,24)25)9-27-18(29-16)28-13-6-19(21,22)7-14(13)30/h3-5,8-9,13-14,26,30H,6-7H2,1-2H3,(H,27,28,29). The summed E-state index contributed by atoms with van der Waals surface area (Å²) in [6, 6.07) is 4.35. The van der Waals surface area contributed by atoms with Crippen molar-refractivity contribution in [3.8, 4) is 11.3 Å². The highest BCUT2D eigenvalue weighted by Crippen LogP contribution is 2.40. The highest BCUT2D eigenvalue weighted by Gasteiger charge is 2.46. The Balaban J connectivity index is 1.80. The summed E-state index contributed by atoms with van der Waals surface area (Å²) in [5, 5.41) is 14.0. The van der Waals surface area contributed by atoms with Crippen molar-refractivity contribution in [3.05, 3.63) is 36.2 Å². The van der Waals surface area contributed by atoms with Crippen LogP contribution in [0.15, 0.2) is 30.6 Å². The fraction of sp³-hybridized carbons (Fsp3) is 0.400. The fourth-order valence-electron chi connectivity index (χ4n) is 3.87. The molecule has 1 aliphatic carbocycles. The van der Waals surface area contributed by atoms with Crippen LogP contribution in [0.2, 0.25) is 0 Å². The molecule has 0 saturated heterocycles. The molecule has 0 bridgehead atoms. The van der Waals surface area contributed by atoms with E-state index >= 15 is 0 Å². The van der Waals surface area contributed by atoms with Crippen molar-refractivity contribution in [1.29, 1.82) is 0 Å². The number of nitrogens with zero attached hydrogens (tertiary/aromatic N) is 2. The molecule has 5 nitrogen and oxygen atoms in total. The number of benzene rings is 1. The van der Waals surface area contributed by atoms with Crippen LogP contribution in [0.4, 0.5) is 27.9 Å². The number of aliphatic hydroxyl groups is 1. The van der Waals surface area contributed by atoms with Gasteiger partial charge in [0.15, 0.2) is 0 Å². The molecule has 0 spiro atoms. The molecule has 0 aliphatic heterocycles. The minimum absolute atomic E-state index is 0.240. The quantitative estimate of drug-likeness (QED) is 0.395. The minimum atomic E-state index is -4.71. The number of aromatic nitrogens is 3. The summed E-state index contributed by atoms with van der Waals surface area (Å²) >= 11 is 0. The van der Waals surface area contributed by atoms with E-state index in [-0.39, 0.29) is 17.2 Å². The van der Waals surface area contributed by atoms with Crippen LogP contribution in [0.5, 0.6) is 0 Å². The molecule has 4 rings (SSSR count). The van der Waals surface area contributed by atoms with Gasteiger partial charge in [0.05, 0.1) is 23.4 Å².